The van der Waals surface area contributed by atoms with Crippen LogP contribution in [-0.2, 0) is 33.2 Å². The first-order valence-corrected chi connectivity index (χ1v) is 7.15. The molecule has 0 aromatic carbocycles. The second kappa shape index (κ2) is 25.2. The molecule has 13 heteroatoms. The molecule has 0 aliphatic carbocycles. The van der Waals surface area contributed by atoms with Crippen LogP contribution in [0, 0.1) is 0 Å². The van der Waals surface area contributed by atoms with Crippen LogP contribution in [0.3, 0.4) is 0 Å². The van der Waals surface area contributed by atoms with Gasteiger partial charge in [-0.3, -0.25) is 0 Å². The van der Waals surface area contributed by atoms with Gasteiger partial charge in [0.1, 0.15) is 12.7 Å². The predicted molar refractivity (Wildman–Crippen MR) is 99.4 cm³/mol. The molecule has 0 bridgehead atoms. The van der Waals surface area contributed by atoms with Crippen molar-refractivity contribution in [3.63, 3.8) is 0 Å². The Balaban J connectivity index is -0.000000105. The molecule has 0 saturated carbocycles. The summed E-state index contributed by atoms with van der Waals surface area (Å²) in [6.07, 6.45) is -4.92. The number of carbonyl (C=O) groups is 4. The fraction of sp³-hybridized carbons (Fsp3) is 0.750. The fourth-order valence-corrected chi connectivity index (χ4v) is 0.642. The molecular formula is C16H34O13. The van der Waals surface area contributed by atoms with Crippen LogP contribution in [0.15, 0.2) is 0 Å². The number of hydrogen-bond donors (Lipinski definition) is 2. The monoisotopic (exact) mass is 434 g/mol. The third kappa shape index (κ3) is 33.2. The first-order valence-electron chi connectivity index (χ1n) is 7.15. The Hall–Kier alpha value is -2.80. The van der Waals surface area contributed by atoms with Crippen LogP contribution in [0.25, 0.3) is 0 Å². The van der Waals surface area contributed by atoms with Gasteiger partial charge in [-0.05, 0) is 13.8 Å². The second-order valence-corrected chi connectivity index (χ2v) is 4.19. The van der Waals surface area contributed by atoms with Crippen LogP contribution in [0.5, 0.6) is 0 Å². The van der Waals surface area contributed by atoms with Crippen LogP contribution in [0.1, 0.15) is 28.7 Å². The second-order valence-electron chi connectivity index (χ2n) is 4.19. The summed E-state index contributed by atoms with van der Waals surface area (Å²) < 4.78 is 29.3. The summed E-state index contributed by atoms with van der Waals surface area (Å²) in [5, 5.41) is 16.0. The summed E-state index contributed by atoms with van der Waals surface area (Å²) in [5.41, 5.74) is 0. The first kappa shape index (κ1) is 37.0. The fourth-order valence-electron chi connectivity index (χ4n) is 0.642. The maximum absolute atomic E-state index is 10.5. The van der Waals surface area contributed by atoms with Gasteiger partial charge in [0.05, 0.1) is 41.2 Å². The van der Waals surface area contributed by atoms with Crippen molar-refractivity contribution in [1.29, 1.82) is 0 Å². The summed E-state index contributed by atoms with van der Waals surface area (Å²) >= 11 is 0. The smallest absolute Gasteiger partial charge is 0.438 e. The van der Waals surface area contributed by atoms with Gasteiger partial charge in [0, 0.05) is 0 Å². The van der Waals surface area contributed by atoms with Crippen molar-refractivity contribution in [3.05, 3.63) is 0 Å². The van der Waals surface area contributed by atoms with Gasteiger partial charge >= 0.3 is 24.6 Å². The van der Waals surface area contributed by atoms with Crippen LogP contribution in [0.4, 0.5) is 19.2 Å². The van der Waals surface area contributed by atoms with Gasteiger partial charge < -0.3 is 43.4 Å². The molecule has 0 heterocycles. The van der Waals surface area contributed by atoms with E-state index in [0.717, 1.165) is 14.2 Å². The lowest BCUT2D eigenvalue weighted by atomic mass is 10.4. The van der Waals surface area contributed by atoms with E-state index >= 15 is 0 Å². The molecule has 2 N–H and O–H groups in total. The number of aliphatic hydroxyl groups is 2. The van der Waals surface area contributed by atoms with Crippen molar-refractivity contribution in [2.45, 2.75) is 40.9 Å². The van der Waals surface area contributed by atoms with E-state index in [-0.39, 0.29) is 28.1 Å². The van der Waals surface area contributed by atoms with Crippen LogP contribution in [-0.4, -0.2) is 88.7 Å². The molecule has 0 saturated heterocycles. The summed E-state index contributed by atoms with van der Waals surface area (Å²) in [4.78, 5) is 41.0. The van der Waals surface area contributed by atoms with Crippen molar-refractivity contribution in [1.82, 2.24) is 0 Å². The number of hydrogen-bond acceptors (Lipinski definition) is 13. The maximum Gasteiger partial charge on any atom is 0.518 e. The molecule has 0 aromatic rings. The molecule has 2 atom stereocenters. The molecule has 29 heavy (non-hydrogen) atoms. The Labute approximate surface area is 170 Å². The van der Waals surface area contributed by atoms with Gasteiger partial charge in [-0.1, -0.05) is 14.9 Å². The number of methoxy groups -OCH3 is 4. The Kier molecular flexibility index (Phi) is 32.2. The highest BCUT2D eigenvalue weighted by atomic mass is 16.8. The molecule has 0 aliphatic heterocycles. The van der Waals surface area contributed by atoms with E-state index in [9.17, 15) is 19.2 Å². The van der Waals surface area contributed by atoms with E-state index in [1.54, 1.807) is 6.92 Å². The number of rotatable bonds is 4. The lowest BCUT2D eigenvalue weighted by Gasteiger charge is -2.11. The van der Waals surface area contributed by atoms with Crippen molar-refractivity contribution in [2.75, 3.05) is 41.7 Å². The minimum absolute atomic E-state index is 0. The van der Waals surface area contributed by atoms with Crippen LogP contribution >= 0.6 is 0 Å². The number of aliphatic hydroxyl groups excluding tert-OH is 2. The van der Waals surface area contributed by atoms with E-state index in [1.165, 1.54) is 21.1 Å². The zero-order valence-corrected chi connectivity index (χ0v) is 16.0. The van der Waals surface area contributed by atoms with E-state index < -0.39 is 36.8 Å². The SMILES string of the molecule is C.C.CC(O)CO.COC(=O)OC(=O)OC.COC(=O)OCC(C)OC(=O)OC. The molecule has 0 aromatic heterocycles. The largest absolute Gasteiger partial charge is 0.518 e. The number of ether oxygens (including phenoxy) is 7. The molecule has 0 rings (SSSR count). The van der Waals surface area contributed by atoms with Gasteiger partial charge in [-0.25, -0.2) is 19.2 Å². The van der Waals surface area contributed by atoms with Gasteiger partial charge in [0.2, 0.25) is 0 Å². The summed E-state index contributed by atoms with van der Waals surface area (Å²) in [6.45, 7) is 2.88. The lowest BCUT2D eigenvalue weighted by Crippen LogP contribution is -2.22. The molecule has 2 unspecified atom stereocenters. The molecule has 0 radical (unpaired) electrons. The van der Waals surface area contributed by atoms with E-state index in [2.05, 4.69) is 33.2 Å². The molecular weight excluding hydrogens is 400 g/mol. The van der Waals surface area contributed by atoms with Gasteiger partial charge in [-0.15, -0.1) is 0 Å². The van der Waals surface area contributed by atoms with Gasteiger partial charge in [0.15, 0.2) is 0 Å². The standard InChI is InChI=1S/C7H12O6.C4H6O5.C3H8O2.2CH4/c1-5(13-7(9)11-3)4-12-6(8)10-2;1-7-3(5)9-4(6)8-2;1-3(5)2-4;;/h5H,4H2,1-3H3;1-2H3;3-5H,2H2,1H3;2*1H4. The molecule has 0 aliphatic rings. The van der Waals surface area contributed by atoms with Crippen molar-refractivity contribution in [3.8, 4) is 0 Å². The Morgan fingerprint density at radius 2 is 1.10 bits per heavy atom. The normalized spacial score (nSPS) is 10.1. The minimum Gasteiger partial charge on any atom is -0.438 e. The third-order valence-corrected chi connectivity index (χ3v) is 1.83. The van der Waals surface area contributed by atoms with E-state index in [4.69, 9.17) is 10.2 Å². The third-order valence-electron chi connectivity index (χ3n) is 1.83. The summed E-state index contributed by atoms with van der Waals surface area (Å²) in [6, 6.07) is 0. The Morgan fingerprint density at radius 1 is 0.759 bits per heavy atom. The van der Waals surface area contributed by atoms with Crippen LogP contribution in [0.2, 0.25) is 0 Å². The highest BCUT2D eigenvalue weighted by molar-refractivity contribution is 5.76. The lowest BCUT2D eigenvalue weighted by molar-refractivity contribution is 0.000323. The topological polar surface area (TPSA) is 173 Å². The minimum atomic E-state index is -1.08. The zero-order chi connectivity index (χ0) is 21.8. The summed E-state index contributed by atoms with van der Waals surface area (Å²) in [5.74, 6) is 0. The van der Waals surface area contributed by atoms with Crippen LogP contribution < -0.4 is 0 Å². The van der Waals surface area contributed by atoms with Crippen molar-refractivity contribution in [2.24, 2.45) is 0 Å². The van der Waals surface area contributed by atoms with Gasteiger partial charge in [-0.2, -0.15) is 0 Å². The zero-order valence-electron chi connectivity index (χ0n) is 16.0. The molecule has 176 valence electrons. The van der Waals surface area contributed by atoms with E-state index in [0.29, 0.717) is 0 Å². The first-order chi connectivity index (χ1) is 12.6. The molecule has 0 spiro atoms. The average Bonchev–Trinajstić information content (AvgIpc) is 2.66. The highest BCUT2D eigenvalue weighted by Crippen LogP contribution is 1.95. The Morgan fingerprint density at radius 3 is 1.38 bits per heavy atom. The maximum atomic E-state index is 10.5. The van der Waals surface area contributed by atoms with E-state index in [1.807, 2.05) is 0 Å². The van der Waals surface area contributed by atoms with Crippen molar-refractivity contribution < 1.29 is 62.5 Å². The predicted octanol–water partition coefficient (Wildman–Crippen LogP) is 2.11. The number of carbonyl (C=O) groups excluding carboxylic acids is 4. The average molecular weight is 434 g/mol. The Bertz CT molecular complexity index is 409. The van der Waals surface area contributed by atoms with Crippen molar-refractivity contribution >= 4 is 24.6 Å². The highest BCUT2D eigenvalue weighted by Gasteiger charge is 2.11. The molecule has 13 nitrogen and oxygen atoms in total. The molecule has 0 amide bonds. The quantitative estimate of drug-likeness (QED) is 0.374. The molecule has 0 fully saturated rings. The van der Waals surface area contributed by atoms with Gasteiger partial charge in [0.25, 0.3) is 0 Å². The summed E-state index contributed by atoms with van der Waals surface area (Å²) in [7, 11) is 4.56.